The van der Waals surface area contributed by atoms with Crippen LogP contribution >= 0.6 is 0 Å². The van der Waals surface area contributed by atoms with Crippen LogP contribution in [-0.2, 0) is 13.0 Å². The molecule has 5 nitrogen and oxygen atoms in total. The highest BCUT2D eigenvalue weighted by atomic mass is 16.3. The van der Waals surface area contributed by atoms with Crippen molar-refractivity contribution in [1.29, 1.82) is 0 Å². The molecule has 0 spiro atoms. The summed E-state index contributed by atoms with van der Waals surface area (Å²) in [6, 6.07) is 5.72. The second kappa shape index (κ2) is 6.58. The third-order valence-corrected chi connectivity index (χ3v) is 4.06. The Labute approximate surface area is 140 Å². The van der Waals surface area contributed by atoms with Gasteiger partial charge in [0.15, 0.2) is 0 Å². The number of nitrogens with zero attached hydrogens (tertiary/aromatic N) is 2. The Hall–Kier alpha value is -3.08. The number of aryl methyl sites for hydroxylation is 2. The van der Waals surface area contributed by atoms with E-state index >= 15 is 0 Å². The standard InChI is InChI=1S/C19H19N3O2/c1-3-9-20-10-5-11-21-13(2)16-18(23)15-7-4-6-14-8-12-22(17(14)15)19(16)24/h3-7,9-10,21,23H,1-2,8,11-12H2/b10-5-,20-9?. The Morgan fingerprint density at radius 1 is 1.46 bits per heavy atom. The zero-order chi connectivity index (χ0) is 17.1. The predicted octanol–water partition coefficient (Wildman–Crippen LogP) is 2.59. The fraction of sp³-hybridized carbons (Fsp3) is 0.158. The molecule has 24 heavy (non-hydrogen) atoms. The molecule has 0 atom stereocenters. The third-order valence-electron chi connectivity index (χ3n) is 4.06. The van der Waals surface area contributed by atoms with Gasteiger partial charge in [-0.2, -0.15) is 0 Å². The number of para-hydroxylation sites is 1. The van der Waals surface area contributed by atoms with E-state index in [0.29, 0.717) is 24.2 Å². The van der Waals surface area contributed by atoms with Crippen molar-refractivity contribution < 1.29 is 5.11 Å². The normalized spacial score (nSPS) is 13.2. The van der Waals surface area contributed by atoms with E-state index in [1.807, 2.05) is 18.2 Å². The molecule has 0 amide bonds. The molecule has 122 valence electrons. The smallest absolute Gasteiger partial charge is 0.264 e. The van der Waals surface area contributed by atoms with Crippen LogP contribution in [0.15, 0.2) is 59.5 Å². The van der Waals surface area contributed by atoms with Gasteiger partial charge in [0.1, 0.15) is 11.3 Å². The van der Waals surface area contributed by atoms with Crippen molar-refractivity contribution in [3.63, 3.8) is 0 Å². The van der Waals surface area contributed by atoms with Crippen molar-refractivity contribution >= 4 is 22.8 Å². The molecule has 0 fully saturated rings. The van der Waals surface area contributed by atoms with Crippen LogP contribution in [0.25, 0.3) is 16.6 Å². The molecule has 3 rings (SSSR count). The maximum Gasteiger partial charge on any atom is 0.264 e. The van der Waals surface area contributed by atoms with E-state index in [2.05, 4.69) is 23.5 Å². The summed E-state index contributed by atoms with van der Waals surface area (Å²) in [6.45, 7) is 8.52. The van der Waals surface area contributed by atoms with Crippen LogP contribution in [0, 0.1) is 0 Å². The van der Waals surface area contributed by atoms with Gasteiger partial charge in [0.25, 0.3) is 5.56 Å². The van der Waals surface area contributed by atoms with Crippen LogP contribution in [0.5, 0.6) is 5.75 Å². The van der Waals surface area contributed by atoms with Gasteiger partial charge >= 0.3 is 0 Å². The van der Waals surface area contributed by atoms with Gasteiger partial charge in [-0.3, -0.25) is 9.79 Å². The molecule has 1 aliphatic heterocycles. The SMILES string of the molecule is C=CC=N/C=C\CNC(=C)c1c(O)c2cccc3c2n(c1=O)CC3. The van der Waals surface area contributed by atoms with Crippen molar-refractivity contribution in [3.05, 3.63) is 71.2 Å². The molecular formula is C19H19N3O2. The number of rotatable bonds is 6. The lowest BCUT2D eigenvalue weighted by molar-refractivity contribution is 0.476. The summed E-state index contributed by atoms with van der Waals surface area (Å²) < 4.78 is 1.72. The number of aliphatic imine (C=N–C) groups is 1. The number of allylic oxidation sites excluding steroid dienone is 1. The largest absolute Gasteiger partial charge is 0.506 e. The predicted molar refractivity (Wildman–Crippen MR) is 98.4 cm³/mol. The highest BCUT2D eigenvalue weighted by molar-refractivity contribution is 5.92. The first-order valence-electron chi connectivity index (χ1n) is 7.75. The lowest BCUT2D eigenvalue weighted by Crippen LogP contribution is -2.25. The van der Waals surface area contributed by atoms with Crippen LogP contribution in [-0.4, -0.2) is 22.4 Å². The average Bonchev–Trinajstić information content (AvgIpc) is 3.01. The molecule has 2 N–H and O–H groups in total. The number of hydrogen-bond acceptors (Lipinski definition) is 4. The minimum Gasteiger partial charge on any atom is -0.506 e. The zero-order valence-corrected chi connectivity index (χ0v) is 13.3. The molecule has 5 heteroatoms. The van der Waals surface area contributed by atoms with E-state index in [0.717, 1.165) is 17.5 Å². The van der Waals surface area contributed by atoms with Crippen molar-refractivity contribution in [1.82, 2.24) is 9.88 Å². The summed E-state index contributed by atoms with van der Waals surface area (Å²) in [5.41, 5.74) is 2.33. The van der Waals surface area contributed by atoms with Gasteiger partial charge in [-0.1, -0.05) is 31.4 Å². The molecule has 1 aromatic carbocycles. The van der Waals surface area contributed by atoms with Crippen molar-refractivity contribution in [2.45, 2.75) is 13.0 Å². The second-order valence-corrected chi connectivity index (χ2v) is 5.52. The maximum atomic E-state index is 12.7. The first kappa shape index (κ1) is 15.8. The Bertz CT molecular complexity index is 936. The number of aromatic nitrogens is 1. The number of nitrogens with one attached hydrogen (secondary N) is 1. The number of hydrogen-bond donors (Lipinski definition) is 2. The zero-order valence-electron chi connectivity index (χ0n) is 13.3. The minimum atomic E-state index is -0.212. The molecule has 0 saturated heterocycles. The number of pyridine rings is 1. The maximum absolute atomic E-state index is 12.7. The molecular weight excluding hydrogens is 302 g/mol. The highest BCUT2D eigenvalue weighted by Crippen LogP contribution is 2.33. The Morgan fingerprint density at radius 2 is 2.29 bits per heavy atom. The van der Waals surface area contributed by atoms with Crippen molar-refractivity contribution in [2.75, 3.05) is 6.54 Å². The van der Waals surface area contributed by atoms with E-state index in [1.54, 1.807) is 29.1 Å². The van der Waals surface area contributed by atoms with E-state index in [4.69, 9.17) is 0 Å². The lowest BCUT2D eigenvalue weighted by Gasteiger charge is -2.13. The van der Waals surface area contributed by atoms with Gasteiger partial charge in [-0.15, -0.1) is 0 Å². The fourth-order valence-corrected chi connectivity index (χ4v) is 2.99. The quantitative estimate of drug-likeness (QED) is 0.804. The van der Waals surface area contributed by atoms with Gasteiger partial charge in [0.05, 0.1) is 5.52 Å². The van der Waals surface area contributed by atoms with E-state index < -0.39 is 0 Å². The van der Waals surface area contributed by atoms with E-state index in [1.165, 1.54) is 0 Å². The average molecular weight is 321 g/mol. The van der Waals surface area contributed by atoms with Crippen molar-refractivity contribution in [2.24, 2.45) is 4.99 Å². The molecule has 2 aromatic rings. The summed E-state index contributed by atoms with van der Waals surface area (Å²) in [5.74, 6) is -0.0128. The van der Waals surface area contributed by atoms with Crippen LogP contribution in [0.4, 0.5) is 0 Å². The molecule has 0 unspecified atom stereocenters. The minimum absolute atomic E-state index is 0.0128. The monoisotopic (exact) mass is 321 g/mol. The Morgan fingerprint density at radius 3 is 3.08 bits per heavy atom. The molecule has 0 radical (unpaired) electrons. The lowest BCUT2D eigenvalue weighted by atomic mass is 10.1. The van der Waals surface area contributed by atoms with Gasteiger partial charge in [-0.05, 0) is 24.1 Å². The summed E-state index contributed by atoms with van der Waals surface area (Å²) in [6.07, 6.45) is 7.38. The molecule has 0 bridgehead atoms. The van der Waals surface area contributed by atoms with E-state index in [-0.39, 0.29) is 16.9 Å². The van der Waals surface area contributed by atoms with Gasteiger partial charge in [-0.25, -0.2) is 0 Å². The topological polar surface area (TPSA) is 66.6 Å². The number of aromatic hydroxyl groups is 1. The van der Waals surface area contributed by atoms with Crippen LogP contribution in [0.2, 0.25) is 0 Å². The first-order chi connectivity index (χ1) is 11.6. The highest BCUT2D eigenvalue weighted by Gasteiger charge is 2.23. The third kappa shape index (κ3) is 2.65. The molecule has 0 aliphatic carbocycles. The first-order valence-corrected chi connectivity index (χ1v) is 7.75. The summed E-state index contributed by atoms with van der Waals surface area (Å²) >= 11 is 0. The van der Waals surface area contributed by atoms with Crippen molar-refractivity contribution in [3.8, 4) is 5.75 Å². The van der Waals surface area contributed by atoms with Gasteiger partial charge in [0, 0.05) is 36.6 Å². The summed E-state index contributed by atoms with van der Waals surface area (Å²) in [7, 11) is 0. The molecule has 2 heterocycles. The van der Waals surface area contributed by atoms with Gasteiger partial charge in [0.2, 0.25) is 0 Å². The van der Waals surface area contributed by atoms with Crippen LogP contribution in [0.3, 0.4) is 0 Å². The van der Waals surface area contributed by atoms with Crippen LogP contribution < -0.4 is 10.9 Å². The molecule has 1 aliphatic rings. The number of benzene rings is 1. The summed E-state index contributed by atoms with van der Waals surface area (Å²) in [4.78, 5) is 16.7. The Kier molecular flexibility index (Phi) is 4.33. The molecule has 1 aromatic heterocycles. The van der Waals surface area contributed by atoms with E-state index in [9.17, 15) is 9.90 Å². The Balaban J connectivity index is 1.92. The van der Waals surface area contributed by atoms with Gasteiger partial charge < -0.3 is 15.0 Å². The second-order valence-electron chi connectivity index (χ2n) is 5.52. The molecule has 0 saturated carbocycles. The fourth-order valence-electron chi connectivity index (χ4n) is 2.99. The summed E-state index contributed by atoms with van der Waals surface area (Å²) in [5, 5.41) is 14.3. The van der Waals surface area contributed by atoms with Crippen LogP contribution in [0.1, 0.15) is 11.1 Å².